The van der Waals surface area contributed by atoms with Crippen LogP contribution in [-0.2, 0) is 42.7 Å². The third-order valence-corrected chi connectivity index (χ3v) is 4.32. The van der Waals surface area contributed by atoms with E-state index < -0.39 is 5.97 Å². The minimum absolute atomic E-state index is 0.252. The molecule has 0 bridgehead atoms. The van der Waals surface area contributed by atoms with E-state index in [1.54, 1.807) is 0 Å². The number of carboxylic acid groups (broad SMARTS) is 1. The van der Waals surface area contributed by atoms with Gasteiger partial charge in [-0.25, -0.2) is 4.79 Å². The van der Waals surface area contributed by atoms with Gasteiger partial charge < -0.3 is 48.3 Å². The van der Waals surface area contributed by atoms with Crippen LogP contribution in [0.5, 0.6) is 0 Å². The fraction of sp³-hybridized carbons (Fsp3) is 0.952. The Morgan fingerprint density at radius 2 is 0.938 bits per heavy atom. The van der Waals surface area contributed by atoms with E-state index in [0.29, 0.717) is 92.0 Å². The highest BCUT2D eigenvalue weighted by Crippen LogP contribution is 2.06. The first-order valence-corrected chi connectivity index (χ1v) is 11.4. The van der Waals surface area contributed by atoms with E-state index in [1.807, 2.05) is 0 Å². The fourth-order valence-corrected chi connectivity index (χ4v) is 2.71. The molecule has 1 heterocycles. The maximum atomic E-state index is 10.2. The maximum Gasteiger partial charge on any atom is 0.329 e. The molecule has 11 nitrogen and oxygen atoms in total. The molecule has 1 aliphatic rings. The van der Waals surface area contributed by atoms with E-state index in [4.69, 9.17) is 43.0 Å². The fourth-order valence-electron chi connectivity index (χ4n) is 2.71. The van der Waals surface area contributed by atoms with Gasteiger partial charge >= 0.3 is 5.97 Å². The van der Waals surface area contributed by atoms with Crippen molar-refractivity contribution in [3.8, 4) is 0 Å². The Bertz CT molecular complexity index is 410. The number of carbonyl (C=O) groups is 1. The summed E-state index contributed by atoms with van der Waals surface area (Å²) in [6, 6.07) is 0. The Hall–Kier alpha value is -0.890. The summed E-state index contributed by atoms with van der Waals surface area (Å²) in [5.74, 6) is -0.988. The van der Waals surface area contributed by atoms with Crippen LogP contribution < -0.4 is 5.32 Å². The van der Waals surface area contributed by atoms with Crippen LogP contribution in [0.2, 0.25) is 0 Å². The first-order chi connectivity index (χ1) is 15.8. The molecule has 1 saturated heterocycles. The second-order valence-electron chi connectivity index (χ2n) is 6.94. The average Bonchev–Trinajstić information content (AvgIpc) is 2.80. The van der Waals surface area contributed by atoms with Crippen molar-refractivity contribution in [1.82, 2.24) is 5.32 Å². The molecule has 1 fully saturated rings. The SMILES string of the molecule is O=C(O)COCCOCCOCCOCCOCCOCCOCCOC1CCNCC1. The summed E-state index contributed by atoms with van der Waals surface area (Å²) in [6.45, 7) is 8.60. The van der Waals surface area contributed by atoms with Gasteiger partial charge in [-0.1, -0.05) is 0 Å². The number of hydrogen-bond acceptors (Lipinski definition) is 10. The van der Waals surface area contributed by atoms with Gasteiger partial charge in [0, 0.05) is 0 Å². The Balaban J connectivity index is 1.63. The molecule has 32 heavy (non-hydrogen) atoms. The Morgan fingerprint density at radius 3 is 1.31 bits per heavy atom. The van der Waals surface area contributed by atoms with Crippen molar-refractivity contribution in [2.45, 2.75) is 18.9 Å². The topological polar surface area (TPSA) is 123 Å². The monoisotopic (exact) mass is 467 g/mol. The highest BCUT2D eigenvalue weighted by Gasteiger charge is 2.12. The summed E-state index contributed by atoms with van der Waals surface area (Å²) in [5, 5.41) is 11.7. The van der Waals surface area contributed by atoms with Crippen molar-refractivity contribution in [2.24, 2.45) is 0 Å². The van der Waals surface area contributed by atoms with Gasteiger partial charge in [0.2, 0.25) is 0 Å². The molecule has 190 valence electrons. The van der Waals surface area contributed by atoms with Crippen molar-refractivity contribution in [1.29, 1.82) is 0 Å². The summed E-state index contributed by atoms with van der Waals surface area (Å²) in [6.07, 6.45) is 2.52. The highest BCUT2D eigenvalue weighted by molar-refractivity contribution is 5.67. The molecule has 1 aliphatic heterocycles. The number of aliphatic carboxylic acids is 1. The smallest absolute Gasteiger partial charge is 0.329 e. The normalized spacial score (nSPS) is 14.8. The van der Waals surface area contributed by atoms with Gasteiger partial charge in [0.05, 0.1) is 98.6 Å². The third kappa shape index (κ3) is 21.0. The van der Waals surface area contributed by atoms with Crippen LogP contribution >= 0.6 is 0 Å². The number of ether oxygens (including phenoxy) is 8. The molecule has 0 spiro atoms. The van der Waals surface area contributed by atoms with Gasteiger partial charge in [-0.3, -0.25) is 0 Å². The molecular formula is C21H41NO10. The van der Waals surface area contributed by atoms with E-state index >= 15 is 0 Å². The summed E-state index contributed by atoms with van der Waals surface area (Å²) in [4.78, 5) is 10.2. The molecule has 0 unspecified atom stereocenters. The van der Waals surface area contributed by atoms with E-state index in [2.05, 4.69) is 5.32 Å². The lowest BCUT2D eigenvalue weighted by Gasteiger charge is -2.22. The van der Waals surface area contributed by atoms with Gasteiger partial charge in [0.1, 0.15) is 6.61 Å². The number of nitrogens with one attached hydrogen (secondary N) is 1. The predicted octanol–water partition coefficient (Wildman–Crippen LogP) is -0.0442. The molecule has 0 atom stereocenters. The highest BCUT2D eigenvalue weighted by atomic mass is 16.6. The van der Waals surface area contributed by atoms with Crippen LogP contribution in [0, 0.1) is 0 Å². The van der Waals surface area contributed by atoms with Crippen LogP contribution in [0.3, 0.4) is 0 Å². The van der Waals surface area contributed by atoms with Crippen molar-refractivity contribution >= 4 is 5.97 Å². The van der Waals surface area contributed by atoms with Crippen LogP contribution in [0.25, 0.3) is 0 Å². The van der Waals surface area contributed by atoms with Crippen LogP contribution in [0.4, 0.5) is 0 Å². The molecule has 0 aliphatic carbocycles. The maximum absolute atomic E-state index is 10.2. The molecule has 1 rings (SSSR count). The number of hydrogen-bond donors (Lipinski definition) is 2. The van der Waals surface area contributed by atoms with Gasteiger partial charge in [0.25, 0.3) is 0 Å². The minimum atomic E-state index is -0.988. The Morgan fingerprint density at radius 1 is 0.594 bits per heavy atom. The standard InChI is InChI=1S/C21H41NO10/c23-21(24)19-31-16-15-29-12-11-27-8-7-25-5-6-26-9-10-28-13-14-30-17-18-32-20-1-3-22-4-2-20/h20,22H,1-19H2,(H,23,24). The zero-order valence-corrected chi connectivity index (χ0v) is 19.1. The van der Waals surface area contributed by atoms with E-state index in [1.165, 1.54) is 0 Å². The molecule has 0 amide bonds. The van der Waals surface area contributed by atoms with Gasteiger partial charge in [-0.2, -0.15) is 0 Å². The first kappa shape index (κ1) is 29.1. The van der Waals surface area contributed by atoms with Gasteiger partial charge in [0.15, 0.2) is 0 Å². The molecule has 0 saturated carbocycles. The quantitative estimate of drug-likeness (QED) is 0.186. The second kappa shape index (κ2) is 23.3. The van der Waals surface area contributed by atoms with E-state index in [9.17, 15) is 4.79 Å². The predicted molar refractivity (Wildman–Crippen MR) is 115 cm³/mol. The van der Waals surface area contributed by atoms with Gasteiger partial charge in [-0.15, -0.1) is 0 Å². The third-order valence-electron chi connectivity index (χ3n) is 4.32. The van der Waals surface area contributed by atoms with Crippen molar-refractivity contribution in [3.05, 3.63) is 0 Å². The molecule has 11 heteroatoms. The van der Waals surface area contributed by atoms with Crippen molar-refractivity contribution in [2.75, 3.05) is 112 Å². The Labute approximate surface area is 190 Å². The molecule has 0 aromatic heterocycles. The first-order valence-electron chi connectivity index (χ1n) is 11.4. The molecule has 2 N–H and O–H groups in total. The average molecular weight is 468 g/mol. The van der Waals surface area contributed by atoms with E-state index in [-0.39, 0.29) is 13.2 Å². The van der Waals surface area contributed by atoms with Crippen molar-refractivity contribution in [3.63, 3.8) is 0 Å². The lowest BCUT2D eigenvalue weighted by molar-refractivity contribution is -0.142. The molecule has 0 radical (unpaired) electrons. The Kier molecular flexibility index (Phi) is 21.2. The molecule has 0 aromatic rings. The molecular weight excluding hydrogens is 426 g/mol. The van der Waals surface area contributed by atoms with Crippen LogP contribution in [0.1, 0.15) is 12.8 Å². The zero-order valence-electron chi connectivity index (χ0n) is 19.1. The number of rotatable bonds is 24. The lowest BCUT2D eigenvalue weighted by Crippen LogP contribution is -2.33. The van der Waals surface area contributed by atoms with Gasteiger partial charge in [-0.05, 0) is 25.9 Å². The number of carboxylic acids is 1. The molecule has 0 aromatic carbocycles. The summed E-state index contributed by atoms with van der Waals surface area (Å²) in [5.41, 5.74) is 0. The van der Waals surface area contributed by atoms with Crippen LogP contribution in [0.15, 0.2) is 0 Å². The van der Waals surface area contributed by atoms with E-state index in [0.717, 1.165) is 25.9 Å². The van der Waals surface area contributed by atoms with Crippen LogP contribution in [-0.4, -0.2) is 129 Å². The summed E-state index contributed by atoms with van der Waals surface area (Å²) < 4.78 is 42.9. The lowest BCUT2D eigenvalue weighted by atomic mass is 10.1. The second-order valence-corrected chi connectivity index (χ2v) is 6.94. The van der Waals surface area contributed by atoms with Crippen molar-refractivity contribution < 1.29 is 47.8 Å². The zero-order chi connectivity index (χ0) is 23.0. The largest absolute Gasteiger partial charge is 0.480 e. The minimum Gasteiger partial charge on any atom is -0.480 e. The summed E-state index contributed by atoms with van der Waals surface area (Å²) >= 11 is 0. The number of piperidine rings is 1. The summed E-state index contributed by atoms with van der Waals surface area (Å²) in [7, 11) is 0.